The highest BCUT2D eigenvalue weighted by Gasteiger charge is 2.24. The van der Waals surface area contributed by atoms with E-state index in [2.05, 4.69) is 51.6 Å². The van der Waals surface area contributed by atoms with E-state index in [-0.39, 0.29) is 6.04 Å². The van der Waals surface area contributed by atoms with Crippen LogP contribution in [-0.4, -0.2) is 13.7 Å². The molecule has 0 bridgehead atoms. The quantitative estimate of drug-likeness (QED) is 0.912. The lowest BCUT2D eigenvalue weighted by molar-refractivity contribution is 0.403. The van der Waals surface area contributed by atoms with Crippen LogP contribution in [0.25, 0.3) is 0 Å². The van der Waals surface area contributed by atoms with Gasteiger partial charge in [-0.05, 0) is 29.7 Å². The van der Waals surface area contributed by atoms with Crippen molar-refractivity contribution in [1.82, 2.24) is 5.32 Å². The smallest absolute Gasteiger partial charge is 0.122 e. The first kappa shape index (κ1) is 12.7. The fourth-order valence-electron chi connectivity index (χ4n) is 2.75. The Hall–Kier alpha value is -1.32. The maximum Gasteiger partial charge on any atom is 0.122 e. The molecule has 0 aromatic heterocycles. The molecular weight excluding hydrogens is 302 g/mol. The number of benzene rings is 2. The van der Waals surface area contributed by atoms with E-state index in [4.69, 9.17) is 4.74 Å². The first-order valence-electron chi connectivity index (χ1n) is 6.45. The zero-order valence-corrected chi connectivity index (χ0v) is 12.4. The third kappa shape index (κ3) is 2.28. The standard InChI is InChI=1S/C16H16BrNO/c1-19-15-8-4-6-12-11(15)9-10-18-16(12)13-5-2-3-7-14(13)17/h2-8,16,18H,9-10H2,1H3/t16-/m0/s1. The summed E-state index contributed by atoms with van der Waals surface area (Å²) in [5.74, 6) is 0.996. The van der Waals surface area contributed by atoms with Gasteiger partial charge in [0.1, 0.15) is 5.75 Å². The van der Waals surface area contributed by atoms with E-state index in [0.29, 0.717) is 0 Å². The van der Waals surface area contributed by atoms with E-state index in [1.807, 2.05) is 12.1 Å². The van der Waals surface area contributed by atoms with Gasteiger partial charge in [-0.1, -0.05) is 46.3 Å². The van der Waals surface area contributed by atoms with Crippen LogP contribution in [0.4, 0.5) is 0 Å². The summed E-state index contributed by atoms with van der Waals surface area (Å²) in [7, 11) is 1.74. The van der Waals surface area contributed by atoms with E-state index in [1.54, 1.807) is 7.11 Å². The molecule has 3 heteroatoms. The molecule has 0 unspecified atom stereocenters. The second-order valence-corrected chi connectivity index (χ2v) is 5.54. The molecule has 98 valence electrons. The van der Waals surface area contributed by atoms with Crippen molar-refractivity contribution in [2.75, 3.05) is 13.7 Å². The molecule has 3 rings (SSSR count). The lowest BCUT2D eigenvalue weighted by Gasteiger charge is -2.29. The topological polar surface area (TPSA) is 21.3 Å². The van der Waals surface area contributed by atoms with Crippen LogP contribution in [0.5, 0.6) is 5.75 Å². The molecule has 2 aromatic rings. The minimum atomic E-state index is 0.231. The van der Waals surface area contributed by atoms with Gasteiger partial charge in [0.15, 0.2) is 0 Å². The minimum Gasteiger partial charge on any atom is -0.496 e. The Balaban J connectivity index is 2.11. The van der Waals surface area contributed by atoms with Gasteiger partial charge in [0.2, 0.25) is 0 Å². The van der Waals surface area contributed by atoms with Crippen LogP contribution in [0.15, 0.2) is 46.9 Å². The predicted molar refractivity (Wildman–Crippen MR) is 80.7 cm³/mol. The van der Waals surface area contributed by atoms with Crippen molar-refractivity contribution in [2.45, 2.75) is 12.5 Å². The summed E-state index contributed by atoms with van der Waals surface area (Å²) >= 11 is 3.65. The first-order valence-corrected chi connectivity index (χ1v) is 7.24. The molecule has 0 spiro atoms. The molecule has 0 saturated heterocycles. The number of hydrogen-bond donors (Lipinski definition) is 1. The van der Waals surface area contributed by atoms with Gasteiger partial charge < -0.3 is 10.1 Å². The Bertz CT molecular complexity index is 597. The average molecular weight is 318 g/mol. The highest BCUT2D eigenvalue weighted by atomic mass is 79.9. The van der Waals surface area contributed by atoms with Crippen molar-refractivity contribution in [3.63, 3.8) is 0 Å². The maximum atomic E-state index is 5.49. The molecule has 0 radical (unpaired) electrons. The second-order valence-electron chi connectivity index (χ2n) is 4.69. The third-order valence-electron chi connectivity index (χ3n) is 3.64. The van der Waals surface area contributed by atoms with Crippen LogP contribution in [0, 0.1) is 0 Å². The van der Waals surface area contributed by atoms with Crippen molar-refractivity contribution in [2.24, 2.45) is 0 Å². The fourth-order valence-corrected chi connectivity index (χ4v) is 3.26. The Morgan fingerprint density at radius 3 is 2.68 bits per heavy atom. The highest BCUT2D eigenvalue weighted by Crippen LogP contribution is 2.36. The van der Waals surface area contributed by atoms with Crippen molar-refractivity contribution in [3.8, 4) is 5.75 Å². The molecule has 0 aliphatic carbocycles. The molecule has 0 amide bonds. The van der Waals surface area contributed by atoms with Crippen LogP contribution in [0.3, 0.4) is 0 Å². The van der Waals surface area contributed by atoms with Gasteiger partial charge in [-0.25, -0.2) is 0 Å². The summed E-state index contributed by atoms with van der Waals surface area (Å²) in [4.78, 5) is 0. The van der Waals surface area contributed by atoms with E-state index >= 15 is 0 Å². The fraction of sp³-hybridized carbons (Fsp3) is 0.250. The molecular formula is C16H16BrNO. The normalized spacial score (nSPS) is 17.9. The Labute approximate surface area is 121 Å². The molecule has 1 aliphatic heterocycles. The lowest BCUT2D eigenvalue weighted by atomic mass is 9.89. The summed E-state index contributed by atoms with van der Waals surface area (Å²) in [6.45, 7) is 0.972. The summed E-state index contributed by atoms with van der Waals surface area (Å²) in [6.07, 6.45) is 1.01. The average Bonchev–Trinajstić information content (AvgIpc) is 2.46. The molecule has 2 nitrogen and oxygen atoms in total. The number of hydrogen-bond acceptors (Lipinski definition) is 2. The maximum absolute atomic E-state index is 5.49. The van der Waals surface area contributed by atoms with Crippen molar-refractivity contribution < 1.29 is 4.74 Å². The monoisotopic (exact) mass is 317 g/mol. The van der Waals surface area contributed by atoms with Gasteiger partial charge in [-0.3, -0.25) is 0 Å². The highest BCUT2D eigenvalue weighted by molar-refractivity contribution is 9.10. The van der Waals surface area contributed by atoms with Crippen molar-refractivity contribution in [3.05, 3.63) is 63.6 Å². The number of nitrogens with one attached hydrogen (secondary N) is 1. The Morgan fingerprint density at radius 2 is 1.89 bits per heavy atom. The zero-order valence-electron chi connectivity index (χ0n) is 10.8. The SMILES string of the molecule is COc1cccc2c1CCN[C@@H]2c1ccccc1Br. The van der Waals surface area contributed by atoms with Gasteiger partial charge >= 0.3 is 0 Å². The molecule has 1 heterocycles. The van der Waals surface area contributed by atoms with E-state index < -0.39 is 0 Å². The molecule has 2 aromatic carbocycles. The third-order valence-corrected chi connectivity index (χ3v) is 4.36. The molecule has 1 aliphatic rings. The first-order chi connectivity index (χ1) is 9.31. The van der Waals surface area contributed by atoms with Gasteiger partial charge in [-0.2, -0.15) is 0 Å². The number of rotatable bonds is 2. The lowest BCUT2D eigenvalue weighted by Crippen LogP contribution is -2.31. The van der Waals surface area contributed by atoms with E-state index in [9.17, 15) is 0 Å². The Morgan fingerprint density at radius 1 is 1.11 bits per heavy atom. The second kappa shape index (κ2) is 5.35. The molecule has 0 saturated carbocycles. The number of methoxy groups -OCH3 is 1. The zero-order chi connectivity index (χ0) is 13.2. The molecule has 1 atom stereocenters. The van der Waals surface area contributed by atoms with Gasteiger partial charge in [0.25, 0.3) is 0 Å². The van der Waals surface area contributed by atoms with Crippen molar-refractivity contribution >= 4 is 15.9 Å². The molecule has 19 heavy (non-hydrogen) atoms. The van der Waals surface area contributed by atoms with Gasteiger partial charge in [-0.15, -0.1) is 0 Å². The predicted octanol–water partition coefficient (Wildman–Crippen LogP) is 3.69. The van der Waals surface area contributed by atoms with E-state index in [1.165, 1.54) is 16.7 Å². The molecule has 0 fully saturated rings. The summed E-state index contributed by atoms with van der Waals surface area (Å²) in [5.41, 5.74) is 3.92. The number of ether oxygens (including phenoxy) is 1. The summed E-state index contributed by atoms with van der Waals surface area (Å²) in [5, 5.41) is 3.60. The summed E-state index contributed by atoms with van der Waals surface area (Å²) in [6, 6.07) is 14.9. The van der Waals surface area contributed by atoms with Gasteiger partial charge in [0.05, 0.1) is 13.2 Å². The Kier molecular flexibility index (Phi) is 3.58. The molecule has 1 N–H and O–H groups in total. The van der Waals surface area contributed by atoms with Crippen LogP contribution in [-0.2, 0) is 6.42 Å². The van der Waals surface area contributed by atoms with Crippen LogP contribution in [0.2, 0.25) is 0 Å². The van der Waals surface area contributed by atoms with E-state index in [0.717, 1.165) is 23.2 Å². The number of fused-ring (bicyclic) bond motifs is 1. The largest absolute Gasteiger partial charge is 0.496 e. The number of halogens is 1. The van der Waals surface area contributed by atoms with Crippen LogP contribution < -0.4 is 10.1 Å². The minimum absolute atomic E-state index is 0.231. The van der Waals surface area contributed by atoms with Crippen molar-refractivity contribution in [1.29, 1.82) is 0 Å². The summed E-state index contributed by atoms with van der Waals surface area (Å²) < 4.78 is 6.63. The van der Waals surface area contributed by atoms with Crippen LogP contribution in [0.1, 0.15) is 22.7 Å². The van der Waals surface area contributed by atoms with Gasteiger partial charge in [0, 0.05) is 16.6 Å². The van der Waals surface area contributed by atoms with Crippen LogP contribution >= 0.6 is 15.9 Å².